The molecule has 0 aromatic carbocycles. The molecule has 1 unspecified atom stereocenters. The van der Waals surface area contributed by atoms with Crippen molar-refractivity contribution in [1.82, 2.24) is 5.32 Å². The number of hydrogen-bond donors (Lipinski definition) is 1. The van der Waals surface area contributed by atoms with Crippen molar-refractivity contribution >= 4 is 6.21 Å². The summed E-state index contributed by atoms with van der Waals surface area (Å²) in [6.07, 6.45) is 11.1. The van der Waals surface area contributed by atoms with Gasteiger partial charge in [0.05, 0.1) is 0 Å². The van der Waals surface area contributed by atoms with Crippen LogP contribution in [0.25, 0.3) is 0 Å². The molecule has 2 heteroatoms. The Morgan fingerprint density at radius 1 is 1.45 bits per heavy atom. The van der Waals surface area contributed by atoms with Crippen LogP contribution >= 0.6 is 0 Å². The third-order valence-electron chi connectivity index (χ3n) is 1.82. The van der Waals surface area contributed by atoms with Gasteiger partial charge in [-0.25, -0.2) is 0 Å². The highest BCUT2D eigenvalue weighted by atomic mass is 15.1. The minimum Gasteiger partial charge on any atom is -0.370 e. The molecule has 1 aliphatic heterocycles. The highest BCUT2D eigenvalue weighted by Gasteiger charge is 2.02. The predicted molar refractivity (Wildman–Crippen MR) is 48.7 cm³/mol. The van der Waals surface area contributed by atoms with E-state index < -0.39 is 0 Å². The molecular formula is C9H16N2. The molecule has 0 fully saturated rings. The first-order chi connectivity index (χ1) is 5.43. The van der Waals surface area contributed by atoms with Gasteiger partial charge in [0, 0.05) is 6.21 Å². The molecular weight excluding hydrogens is 136 g/mol. The van der Waals surface area contributed by atoms with Crippen molar-refractivity contribution in [2.45, 2.75) is 38.8 Å². The zero-order chi connectivity index (χ0) is 7.94. The van der Waals surface area contributed by atoms with Gasteiger partial charge in [0.15, 0.2) is 0 Å². The maximum absolute atomic E-state index is 4.28. The third kappa shape index (κ3) is 3.21. The number of aliphatic imine (C=N–C) groups is 1. The molecule has 0 saturated carbocycles. The largest absolute Gasteiger partial charge is 0.370 e. The Kier molecular flexibility index (Phi) is 3.73. The summed E-state index contributed by atoms with van der Waals surface area (Å²) in [6.45, 7) is 2.22. The number of allylic oxidation sites excluding steroid dienone is 1. The van der Waals surface area contributed by atoms with Crippen LogP contribution in [0.3, 0.4) is 0 Å². The summed E-state index contributed by atoms with van der Waals surface area (Å²) < 4.78 is 0. The summed E-state index contributed by atoms with van der Waals surface area (Å²) in [7, 11) is 0. The zero-order valence-corrected chi connectivity index (χ0v) is 7.09. The van der Waals surface area contributed by atoms with Gasteiger partial charge >= 0.3 is 0 Å². The summed E-state index contributed by atoms with van der Waals surface area (Å²) in [5.74, 6) is 0. The molecule has 1 heterocycles. The van der Waals surface area contributed by atoms with Gasteiger partial charge in [-0.3, -0.25) is 4.99 Å². The lowest BCUT2D eigenvalue weighted by Gasteiger charge is -2.14. The number of unbranched alkanes of at least 4 members (excludes halogenated alkanes) is 2. The van der Waals surface area contributed by atoms with E-state index in [1.165, 1.54) is 19.3 Å². The van der Waals surface area contributed by atoms with E-state index in [2.05, 4.69) is 17.2 Å². The minimum absolute atomic E-state index is 0.339. The second-order valence-electron chi connectivity index (χ2n) is 2.84. The second-order valence-corrected chi connectivity index (χ2v) is 2.84. The van der Waals surface area contributed by atoms with Gasteiger partial charge in [0.25, 0.3) is 0 Å². The lowest BCUT2D eigenvalue weighted by atomic mass is 10.2. The van der Waals surface area contributed by atoms with Crippen molar-refractivity contribution in [3.63, 3.8) is 0 Å². The molecule has 1 N–H and O–H groups in total. The monoisotopic (exact) mass is 152 g/mol. The summed E-state index contributed by atoms with van der Waals surface area (Å²) in [5.41, 5.74) is 0. The first-order valence-electron chi connectivity index (χ1n) is 4.38. The maximum Gasteiger partial charge on any atom is 0.118 e. The fraction of sp³-hybridized carbons (Fsp3) is 0.667. The Hall–Kier alpha value is -0.790. The van der Waals surface area contributed by atoms with E-state index in [0.717, 1.165) is 6.42 Å². The van der Waals surface area contributed by atoms with Crippen molar-refractivity contribution < 1.29 is 0 Å². The lowest BCUT2D eigenvalue weighted by molar-refractivity contribution is 0.523. The van der Waals surface area contributed by atoms with Crippen molar-refractivity contribution in [2.75, 3.05) is 0 Å². The molecule has 62 valence electrons. The van der Waals surface area contributed by atoms with Crippen LogP contribution < -0.4 is 5.32 Å². The van der Waals surface area contributed by atoms with Crippen LogP contribution in [0.15, 0.2) is 17.3 Å². The molecule has 0 radical (unpaired) electrons. The molecule has 1 rings (SSSR count). The molecule has 0 spiro atoms. The van der Waals surface area contributed by atoms with Gasteiger partial charge in [0.1, 0.15) is 6.17 Å². The standard InChI is InChI=1S/C9H16N2/c1-2-3-4-6-9-10-7-5-8-11-9/h5,7-10H,2-4,6H2,1H3. The molecule has 0 saturated heterocycles. The van der Waals surface area contributed by atoms with Crippen molar-refractivity contribution in [1.29, 1.82) is 0 Å². The van der Waals surface area contributed by atoms with Crippen molar-refractivity contribution in [3.8, 4) is 0 Å². The van der Waals surface area contributed by atoms with Gasteiger partial charge < -0.3 is 5.32 Å². The van der Waals surface area contributed by atoms with Gasteiger partial charge in [0.2, 0.25) is 0 Å². The molecule has 0 aromatic rings. The highest BCUT2D eigenvalue weighted by molar-refractivity contribution is 5.71. The normalized spacial score (nSPS) is 21.7. The molecule has 2 nitrogen and oxygen atoms in total. The number of nitrogens with one attached hydrogen (secondary N) is 1. The van der Waals surface area contributed by atoms with Crippen LogP contribution in [-0.4, -0.2) is 12.4 Å². The highest BCUT2D eigenvalue weighted by Crippen LogP contribution is 2.05. The quantitative estimate of drug-likeness (QED) is 0.613. The molecule has 0 bridgehead atoms. The Morgan fingerprint density at radius 3 is 3.00 bits per heavy atom. The zero-order valence-electron chi connectivity index (χ0n) is 7.09. The lowest BCUT2D eigenvalue weighted by Crippen LogP contribution is -2.24. The SMILES string of the molecule is CCCCCC1N=CC=CN1. The van der Waals surface area contributed by atoms with Gasteiger partial charge in [-0.2, -0.15) is 0 Å². The molecule has 0 amide bonds. The topological polar surface area (TPSA) is 24.4 Å². The van der Waals surface area contributed by atoms with Crippen LogP contribution in [-0.2, 0) is 0 Å². The van der Waals surface area contributed by atoms with E-state index in [0.29, 0.717) is 6.17 Å². The van der Waals surface area contributed by atoms with Gasteiger partial charge in [-0.05, 0) is 25.1 Å². The van der Waals surface area contributed by atoms with E-state index >= 15 is 0 Å². The van der Waals surface area contributed by atoms with E-state index in [1.807, 2.05) is 18.5 Å². The molecule has 11 heavy (non-hydrogen) atoms. The van der Waals surface area contributed by atoms with E-state index in [-0.39, 0.29) is 0 Å². The van der Waals surface area contributed by atoms with Gasteiger partial charge in [-0.15, -0.1) is 0 Å². The summed E-state index contributed by atoms with van der Waals surface area (Å²) in [6, 6.07) is 0. The Labute approximate surface area is 68.4 Å². The maximum atomic E-state index is 4.28. The number of nitrogens with zero attached hydrogens (tertiary/aromatic N) is 1. The van der Waals surface area contributed by atoms with Crippen LogP contribution in [0.4, 0.5) is 0 Å². The summed E-state index contributed by atoms with van der Waals surface area (Å²) in [4.78, 5) is 4.28. The Balaban J connectivity index is 2.07. The third-order valence-corrected chi connectivity index (χ3v) is 1.82. The van der Waals surface area contributed by atoms with Crippen LogP contribution in [0.2, 0.25) is 0 Å². The predicted octanol–water partition coefficient (Wildman–Crippen LogP) is 2.08. The fourth-order valence-corrected chi connectivity index (χ4v) is 1.15. The van der Waals surface area contributed by atoms with Crippen LogP contribution in [0, 0.1) is 0 Å². The molecule has 1 atom stereocenters. The van der Waals surface area contributed by atoms with E-state index in [4.69, 9.17) is 0 Å². The minimum atomic E-state index is 0.339. The second kappa shape index (κ2) is 4.94. The van der Waals surface area contributed by atoms with E-state index in [9.17, 15) is 0 Å². The smallest absolute Gasteiger partial charge is 0.118 e. The van der Waals surface area contributed by atoms with Crippen LogP contribution in [0.1, 0.15) is 32.6 Å². The fourth-order valence-electron chi connectivity index (χ4n) is 1.15. The number of rotatable bonds is 4. The Morgan fingerprint density at radius 2 is 2.36 bits per heavy atom. The van der Waals surface area contributed by atoms with Crippen molar-refractivity contribution in [3.05, 3.63) is 12.3 Å². The molecule has 0 aliphatic carbocycles. The summed E-state index contributed by atoms with van der Waals surface area (Å²) in [5, 5.41) is 3.20. The van der Waals surface area contributed by atoms with Crippen molar-refractivity contribution in [2.24, 2.45) is 4.99 Å². The Bertz CT molecular complexity index is 150. The first kappa shape index (κ1) is 8.31. The van der Waals surface area contributed by atoms with Gasteiger partial charge in [-0.1, -0.05) is 19.8 Å². The number of hydrogen-bond acceptors (Lipinski definition) is 2. The average molecular weight is 152 g/mol. The summed E-state index contributed by atoms with van der Waals surface area (Å²) >= 11 is 0. The van der Waals surface area contributed by atoms with Crippen LogP contribution in [0.5, 0.6) is 0 Å². The van der Waals surface area contributed by atoms with E-state index in [1.54, 1.807) is 0 Å². The average Bonchev–Trinajstić information content (AvgIpc) is 2.07. The first-order valence-corrected chi connectivity index (χ1v) is 4.38. The molecule has 1 aliphatic rings. The molecule has 0 aromatic heterocycles.